The second-order valence-corrected chi connectivity index (χ2v) is 4.46. The highest BCUT2D eigenvalue weighted by Gasteiger charge is 2.12. The molecule has 0 aliphatic rings. The Hall–Kier alpha value is -2.42. The molecule has 3 rings (SSSR count). The third-order valence-corrected chi connectivity index (χ3v) is 3.09. The number of rotatable bonds is 1. The summed E-state index contributed by atoms with van der Waals surface area (Å²) in [6.45, 7) is 1.80. The van der Waals surface area contributed by atoms with E-state index in [-0.39, 0.29) is 16.6 Å². The summed E-state index contributed by atoms with van der Waals surface area (Å²) in [7, 11) is 0. The van der Waals surface area contributed by atoms with Gasteiger partial charge in [-0.2, -0.15) is 0 Å². The molecule has 1 aromatic heterocycles. The fourth-order valence-electron chi connectivity index (χ4n) is 2.10. The molecule has 0 saturated heterocycles. The van der Waals surface area contributed by atoms with Crippen LogP contribution in [0.2, 0.25) is 0 Å². The lowest BCUT2D eigenvalue weighted by Gasteiger charge is -2.04. The third kappa shape index (κ3) is 1.93. The number of hydrogen-bond donors (Lipinski definition) is 0. The van der Waals surface area contributed by atoms with Crippen LogP contribution < -0.4 is 5.43 Å². The Bertz CT molecular complexity index is 818. The quantitative estimate of drug-likeness (QED) is 0.659. The van der Waals surface area contributed by atoms with E-state index in [1.165, 1.54) is 12.3 Å². The molecule has 0 bridgehead atoms. The van der Waals surface area contributed by atoms with Crippen LogP contribution in [0.15, 0.2) is 57.9 Å². The fourth-order valence-corrected chi connectivity index (χ4v) is 2.10. The number of fused-ring (bicyclic) bond motifs is 1. The van der Waals surface area contributed by atoms with Gasteiger partial charge in [-0.1, -0.05) is 24.3 Å². The van der Waals surface area contributed by atoms with Gasteiger partial charge < -0.3 is 4.42 Å². The highest BCUT2D eigenvalue weighted by Crippen LogP contribution is 2.23. The summed E-state index contributed by atoms with van der Waals surface area (Å²) in [5.74, 6) is -0.414. The summed E-state index contributed by atoms with van der Waals surface area (Å²) in [5, 5.41) is 0.458. The van der Waals surface area contributed by atoms with Gasteiger partial charge in [0.1, 0.15) is 17.7 Å². The Morgan fingerprint density at radius 2 is 1.84 bits per heavy atom. The molecule has 0 amide bonds. The average molecular weight is 254 g/mol. The molecule has 3 heteroatoms. The van der Waals surface area contributed by atoms with Gasteiger partial charge in [-0.3, -0.25) is 4.79 Å². The highest BCUT2D eigenvalue weighted by atomic mass is 19.1. The lowest BCUT2D eigenvalue weighted by Crippen LogP contribution is -2.05. The molecule has 0 unspecified atom stereocenters. The minimum absolute atomic E-state index is 0.218. The van der Waals surface area contributed by atoms with Crippen molar-refractivity contribution in [1.82, 2.24) is 0 Å². The molecule has 0 aliphatic carbocycles. The summed E-state index contributed by atoms with van der Waals surface area (Å²) in [5.41, 5.74) is 1.61. The van der Waals surface area contributed by atoms with Gasteiger partial charge in [0.25, 0.3) is 0 Å². The van der Waals surface area contributed by atoms with Crippen molar-refractivity contribution in [2.75, 3.05) is 0 Å². The summed E-state index contributed by atoms with van der Waals surface area (Å²) in [6.07, 6.45) is 1.32. The standard InChI is InChI=1S/C16H11FO2/c1-10-6-7-11(14(17)8-10)13-9-19-15-5-3-2-4-12(15)16(13)18/h2-9H,1H3. The summed E-state index contributed by atoms with van der Waals surface area (Å²) in [4.78, 5) is 12.3. The normalized spacial score (nSPS) is 10.8. The van der Waals surface area contributed by atoms with E-state index in [0.717, 1.165) is 5.56 Å². The maximum Gasteiger partial charge on any atom is 0.200 e. The zero-order valence-corrected chi connectivity index (χ0v) is 10.3. The molecule has 2 aromatic carbocycles. The predicted octanol–water partition coefficient (Wildman–Crippen LogP) is 3.91. The van der Waals surface area contributed by atoms with E-state index in [1.807, 2.05) is 0 Å². The van der Waals surface area contributed by atoms with Gasteiger partial charge in [0, 0.05) is 5.56 Å². The maximum atomic E-state index is 13.9. The molecular weight excluding hydrogens is 243 g/mol. The fraction of sp³-hybridized carbons (Fsp3) is 0.0625. The first-order valence-corrected chi connectivity index (χ1v) is 5.94. The minimum atomic E-state index is -0.414. The Morgan fingerprint density at radius 1 is 1.05 bits per heavy atom. The molecule has 0 radical (unpaired) electrons. The second kappa shape index (κ2) is 4.35. The van der Waals surface area contributed by atoms with Crippen molar-refractivity contribution in [3.63, 3.8) is 0 Å². The monoisotopic (exact) mass is 254 g/mol. The van der Waals surface area contributed by atoms with Gasteiger partial charge in [0.05, 0.1) is 10.9 Å². The van der Waals surface area contributed by atoms with E-state index in [4.69, 9.17) is 4.42 Å². The van der Waals surface area contributed by atoms with Crippen molar-refractivity contribution in [2.45, 2.75) is 6.92 Å². The van der Waals surface area contributed by atoms with Gasteiger partial charge in [0.2, 0.25) is 5.43 Å². The summed E-state index contributed by atoms with van der Waals surface area (Å²) >= 11 is 0. The maximum absolute atomic E-state index is 13.9. The lowest BCUT2D eigenvalue weighted by atomic mass is 10.0. The highest BCUT2D eigenvalue weighted by molar-refractivity contribution is 5.81. The molecule has 0 fully saturated rings. The van der Waals surface area contributed by atoms with Crippen LogP contribution in [0, 0.1) is 12.7 Å². The molecule has 0 N–H and O–H groups in total. The topological polar surface area (TPSA) is 30.2 Å². The first kappa shape index (κ1) is 11.7. The van der Waals surface area contributed by atoms with E-state index < -0.39 is 5.82 Å². The number of hydrogen-bond acceptors (Lipinski definition) is 2. The Balaban J connectivity index is 2.31. The van der Waals surface area contributed by atoms with Crippen LogP contribution in [0.1, 0.15) is 5.56 Å². The van der Waals surface area contributed by atoms with Crippen LogP contribution in [0.3, 0.4) is 0 Å². The van der Waals surface area contributed by atoms with Crippen LogP contribution in [0.4, 0.5) is 4.39 Å². The molecule has 0 aliphatic heterocycles. The van der Waals surface area contributed by atoms with Crippen LogP contribution in [-0.4, -0.2) is 0 Å². The Morgan fingerprint density at radius 3 is 2.63 bits per heavy atom. The molecule has 1 heterocycles. The molecule has 0 atom stereocenters. The van der Waals surface area contributed by atoms with Crippen LogP contribution in [0.25, 0.3) is 22.1 Å². The first-order chi connectivity index (χ1) is 9.16. The van der Waals surface area contributed by atoms with Gasteiger partial charge in [-0.25, -0.2) is 4.39 Å². The van der Waals surface area contributed by atoms with E-state index in [1.54, 1.807) is 43.3 Å². The Kier molecular flexibility index (Phi) is 2.67. The molecule has 3 aromatic rings. The van der Waals surface area contributed by atoms with E-state index in [0.29, 0.717) is 11.0 Å². The van der Waals surface area contributed by atoms with Crippen molar-refractivity contribution in [1.29, 1.82) is 0 Å². The molecule has 0 spiro atoms. The van der Waals surface area contributed by atoms with Gasteiger partial charge in [0.15, 0.2) is 0 Å². The Labute approximate surface area is 109 Å². The van der Waals surface area contributed by atoms with E-state index in [2.05, 4.69) is 0 Å². The van der Waals surface area contributed by atoms with Crippen LogP contribution >= 0.6 is 0 Å². The molecule has 94 valence electrons. The molecule has 2 nitrogen and oxygen atoms in total. The number of aryl methyl sites for hydroxylation is 1. The van der Waals surface area contributed by atoms with Gasteiger partial charge >= 0.3 is 0 Å². The van der Waals surface area contributed by atoms with E-state index >= 15 is 0 Å². The van der Waals surface area contributed by atoms with Crippen LogP contribution in [-0.2, 0) is 0 Å². The number of benzene rings is 2. The SMILES string of the molecule is Cc1ccc(-c2coc3ccccc3c2=O)c(F)c1. The first-order valence-electron chi connectivity index (χ1n) is 5.94. The third-order valence-electron chi connectivity index (χ3n) is 3.09. The minimum Gasteiger partial charge on any atom is -0.463 e. The zero-order chi connectivity index (χ0) is 13.4. The molecule has 0 saturated carbocycles. The summed E-state index contributed by atoms with van der Waals surface area (Å²) < 4.78 is 19.3. The summed E-state index contributed by atoms with van der Waals surface area (Å²) in [6, 6.07) is 11.7. The largest absolute Gasteiger partial charge is 0.463 e. The van der Waals surface area contributed by atoms with Gasteiger partial charge in [-0.05, 0) is 30.7 Å². The van der Waals surface area contributed by atoms with Crippen molar-refractivity contribution in [2.24, 2.45) is 0 Å². The lowest BCUT2D eigenvalue weighted by molar-refractivity contribution is 0.600. The second-order valence-electron chi connectivity index (χ2n) is 4.46. The number of halogens is 1. The van der Waals surface area contributed by atoms with Crippen molar-refractivity contribution >= 4 is 11.0 Å². The van der Waals surface area contributed by atoms with E-state index in [9.17, 15) is 9.18 Å². The van der Waals surface area contributed by atoms with Crippen molar-refractivity contribution in [3.05, 3.63) is 70.3 Å². The molecular formula is C16H11FO2. The average Bonchev–Trinajstić information content (AvgIpc) is 2.41. The predicted molar refractivity (Wildman–Crippen MR) is 72.6 cm³/mol. The van der Waals surface area contributed by atoms with Crippen molar-refractivity contribution < 1.29 is 8.81 Å². The van der Waals surface area contributed by atoms with Crippen LogP contribution in [0.5, 0.6) is 0 Å². The number of para-hydroxylation sites is 1. The smallest absolute Gasteiger partial charge is 0.200 e. The zero-order valence-electron chi connectivity index (χ0n) is 10.3. The molecule has 19 heavy (non-hydrogen) atoms. The van der Waals surface area contributed by atoms with Gasteiger partial charge in [-0.15, -0.1) is 0 Å². The van der Waals surface area contributed by atoms with Crippen molar-refractivity contribution in [3.8, 4) is 11.1 Å².